The third-order valence-corrected chi connectivity index (χ3v) is 6.98. The lowest BCUT2D eigenvalue weighted by atomic mass is 9.96. The maximum atomic E-state index is 13.9. The van der Waals surface area contributed by atoms with Crippen molar-refractivity contribution in [1.82, 2.24) is 9.80 Å². The number of hydrogen-bond donors (Lipinski definition) is 1. The highest BCUT2D eigenvalue weighted by Gasteiger charge is 2.31. The van der Waals surface area contributed by atoms with E-state index in [2.05, 4.69) is 4.90 Å². The highest BCUT2D eigenvalue weighted by atomic mass is 19.1. The number of hydrogen-bond acceptors (Lipinski definition) is 6. The summed E-state index contributed by atoms with van der Waals surface area (Å²) in [4.78, 5) is 15.9. The second-order valence-electron chi connectivity index (χ2n) is 9.74. The third kappa shape index (κ3) is 7.11. The summed E-state index contributed by atoms with van der Waals surface area (Å²) in [5, 5.41) is 11.1. The lowest BCUT2D eigenvalue weighted by molar-refractivity contribution is -0.127. The number of carbonyl (C=O) groups excluding carboxylic acids is 1. The van der Waals surface area contributed by atoms with Crippen molar-refractivity contribution in [2.75, 3.05) is 46.5 Å². The van der Waals surface area contributed by atoms with Crippen LogP contribution in [-0.2, 0) is 11.3 Å². The second-order valence-corrected chi connectivity index (χ2v) is 9.74. The molecule has 0 aliphatic carbocycles. The minimum atomic E-state index is -0.980. The van der Waals surface area contributed by atoms with Gasteiger partial charge in [0.05, 0.1) is 19.3 Å². The van der Waals surface area contributed by atoms with Crippen LogP contribution in [0.25, 0.3) is 0 Å². The zero-order valence-corrected chi connectivity index (χ0v) is 21.1. The Morgan fingerprint density at radius 2 is 1.86 bits per heavy atom. The molecule has 0 aromatic heterocycles. The van der Waals surface area contributed by atoms with E-state index < -0.39 is 11.4 Å². The first-order valence-corrected chi connectivity index (χ1v) is 12.9. The Labute approximate surface area is 212 Å². The molecule has 2 aromatic carbocycles. The van der Waals surface area contributed by atoms with E-state index in [1.54, 1.807) is 25.3 Å². The van der Waals surface area contributed by atoms with Gasteiger partial charge in [-0.25, -0.2) is 4.39 Å². The molecule has 1 unspecified atom stereocenters. The second kappa shape index (κ2) is 12.4. The van der Waals surface area contributed by atoms with Gasteiger partial charge in [-0.1, -0.05) is 18.2 Å². The van der Waals surface area contributed by atoms with E-state index in [0.717, 1.165) is 51.0 Å². The van der Waals surface area contributed by atoms with Crippen LogP contribution in [0, 0.1) is 5.82 Å². The monoisotopic (exact) mass is 500 g/mol. The van der Waals surface area contributed by atoms with Crippen LogP contribution in [0.2, 0.25) is 0 Å². The van der Waals surface area contributed by atoms with Crippen molar-refractivity contribution in [3.63, 3.8) is 0 Å². The van der Waals surface area contributed by atoms with Crippen molar-refractivity contribution in [3.8, 4) is 17.2 Å². The van der Waals surface area contributed by atoms with Crippen LogP contribution in [0.1, 0.15) is 44.1 Å². The van der Waals surface area contributed by atoms with E-state index in [4.69, 9.17) is 14.2 Å². The van der Waals surface area contributed by atoms with Gasteiger partial charge in [0.25, 0.3) is 0 Å². The van der Waals surface area contributed by atoms with E-state index in [1.807, 2.05) is 23.1 Å². The summed E-state index contributed by atoms with van der Waals surface area (Å²) in [5.74, 6) is 1.38. The maximum Gasteiger partial charge on any atom is 0.222 e. The van der Waals surface area contributed by atoms with Gasteiger partial charge in [0, 0.05) is 32.6 Å². The van der Waals surface area contributed by atoms with E-state index in [9.17, 15) is 14.3 Å². The Hall–Kier alpha value is -2.84. The van der Waals surface area contributed by atoms with Crippen LogP contribution in [0.5, 0.6) is 17.2 Å². The molecular weight excluding hydrogens is 463 g/mol. The quantitative estimate of drug-likeness (QED) is 0.470. The Balaban J connectivity index is 1.25. The molecule has 2 aliphatic heterocycles. The molecule has 2 aliphatic rings. The number of methoxy groups -OCH3 is 1. The standard InChI is InChI=1S/C28H37FN2O5/c1-34-26-19-22(10-11-25(26)35-18-6-16-31-15-4-9-27(31)32)20-30-14-5-12-28(33,13-17-30)21-36-24-8-3-2-7-23(24)29/h2-3,7-8,10-11,19,33H,4-6,9,12-18,20-21H2,1H3. The van der Waals surface area contributed by atoms with Crippen molar-refractivity contribution in [2.45, 2.75) is 50.7 Å². The number of aliphatic hydroxyl groups is 1. The van der Waals surface area contributed by atoms with Crippen molar-refractivity contribution < 1.29 is 28.5 Å². The number of benzene rings is 2. The van der Waals surface area contributed by atoms with Gasteiger partial charge in [0.1, 0.15) is 6.61 Å². The summed E-state index contributed by atoms with van der Waals surface area (Å²) in [7, 11) is 1.64. The third-order valence-electron chi connectivity index (χ3n) is 6.98. The summed E-state index contributed by atoms with van der Waals surface area (Å²) in [6.07, 6.45) is 4.39. The van der Waals surface area contributed by atoms with Crippen LogP contribution in [-0.4, -0.2) is 72.9 Å². The van der Waals surface area contributed by atoms with Crippen LogP contribution in [0.3, 0.4) is 0 Å². The van der Waals surface area contributed by atoms with E-state index in [-0.39, 0.29) is 18.3 Å². The molecule has 1 amide bonds. The molecule has 1 N–H and O–H groups in total. The normalized spacial score (nSPS) is 20.9. The van der Waals surface area contributed by atoms with E-state index in [0.29, 0.717) is 43.9 Å². The van der Waals surface area contributed by atoms with Crippen LogP contribution in [0.15, 0.2) is 42.5 Å². The minimum absolute atomic E-state index is 0.0769. The lowest BCUT2D eigenvalue weighted by Gasteiger charge is -2.27. The number of nitrogens with zero attached hydrogens (tertiary/aromatic N) is 2. The molecule has 0 bridgehead atoms. The predicted octanol–water partition coefficient (Wildman–Crippen LogP) is 4.02. The van der Waals surface area contributed by atoms with Crippen LogP contribution < -0.4 is 14.2 Å². The zero-order chi connectivity index (χ0) is 25.4. The van der Waals surface area contributed by atoms with Gasteiger partial charge in [-0.3, -0.25) is 9.69 Å². The first-order chi connectivity index (χ1) is 17.5. The van der Waals surface area contributed by atoms with Gasteiger partial charge in [0.15, 0.2) is 23.1 Å². The largest absolute Gasteiger partial charge is 0.493 e. The minimum Gasteiger partial charge on any atom is -0.493 e. The smallest absolute Gasteiger partial charge is 0.222 e. The topological polar surface area (TPSA) is 71.5 Å². The number of para-hydroxylation sites is 1. The molecule has 2 aromatic rings. The first kappa shape index (κ1) is 26.2. The number of halogens is 1. The molecule has 7 nitrogen and oxygen atoms in total. The zero-order valence-electron chi connectivity index (χ0n) is 21.1. The van der Waals surface area contributed by atoms with E-state index in [1.165, 1.54) is 6.07 Å². The van der Waals surface area contributed by atoms with Crippen LogP contribution >= 0.6 is 0 Å². The van der Waals surface area contributed by atoms with Crippen molar-refractivity contribution in [2.24, 2.45) is 0 Å². The Morgan fingerprint density at radius 3 is 2.64 bits per heavy atom. The highest BCUT2D eigenvalue weighted by molar-refractivity contribution is 5.77. The number of rotatable bonds is 11. The number of likely N-dealkylation sites (tertiary alicyclic amines) is 2. The molecular formula is C28H37FN2O5. The molecule has 36 heavy (non-hydrogen) atoms. The van der Waals surface area contributed by atoms with Crippen molar-refractivity contribution in [1.29, 1.82) is 0 Å². The molecule has 0 spiro atoms. The average molecular weight is 501 g/mol. The summed E-state index contributed by atoms with van der Waals surface area (Å²) in [6, 6.07) is 12.3. The average Bonchev–Trinajstić information content (AvgIpc) is 3.20. The predicted molar refractivity (Wildman–Crippen MR) is 135 cm³/mol. The first-order valence-electron chi connectivity index (χ1n) is 12.9. The molecule has 1 atom stereocenters. The lowest BCUT2D eigenvalue weighted by Crippen LogP contribution is -2.37. The van der Waals surface area contributed by atoms with Gasteiger partial charge in [0.2, 0.25) is 5.91 Å². The number of amides is 1. The van der Waals surface area contributed by atoms with Gasteiger partial charge < -0.3 is 24.2 Å². The van der Waals surface area contributed by atoms with Gasteiger partial charge in [-0.2, -0.15) is 0 Å². The van der Waals surface area contributed by atoms with Gasteiger partial charge in [-0.05, 0) is 68.5 Å². The molecule has 0 radical (unpaired) electrons. The fraction of sp³-hybridized carbons (Fsp3) is 0.536. The molecule has 196 valence electrons. The summed E-state index contributed by atoms with van der Waals surface area (Å²) in [6.45, 7) is 4.49. The van der Waals surface area contributed by atoms with Gasteiger partial charge >= 0.3 is 0 Å². The number of ether oxygens (including phenoxy) is 3. The summed E-state index contributed by atoms with van der Waals surface area (Å²) in [5.41, 5.74) is 0.126. The fourth-order valence-corrected chi connectivity index (χ4v) is 4.88. The maximum absolute atomic E-state index is 13.9. The van der Waals surface area contributed by atoms with Crippen molar-refractivity contribution >= 4 is 5.91 Å². The molecule has 2 heterocycles. The van der Waals surface area contributed by atoms with Crippen LogP contribution in [0.4, 0.5) is 4.39 Å². The molecule has 2 saturated heterocycles. The molecule has 8 heteroatoms. The Morgan fingerprint density at radius 1 is 1.00 bits per heavy atom. The molecule has 2 fully saturated rings. The van der Waals surface area contributed by atoms with Crippen molar-refractivity contribution in [3.05, 3.63) is 53.8 Å². The van der Waals surface area contributed by atoms with Gasteiger partial charge in [-0.15, -0.1) is 0 Å². The summed E-state index contributed by atoms with van der Waals surface area (Å²) < 4.78 is 31.0. The Bertz CT molecular complexity index is 1020. The highest BCUT2D eigenvalue weighted by Crippen LogP contribution is 2.30. The number of carbonyl (C=O) groups is 1. The molecule has 0 saturated carbocycles. The fourth-order valence-electron chi connectivity index (χ4n) is 4.88. The Kier molecular flexibility index (Phi) is 9.04. The SMILES string of the molecule is COc1cc(CN2CCCC(O)(COc3ccccc3F)CC2)ccc1OCCCN1CCCC1=O. The molecule has 4 rings (SSSR count). The summed E-state index contributed by atoms with van der Waals surface area (Å²) >= 11 is 0. The van der Waals surface area contributed by atoms with E-state index >= 15 is 0 Å².